The zero-order valence-electron chi connectivity index (χ0n) is 13.5. The summed E-state index contributed by atoms with van der Waals surface area (Å²) in [7, 11) is 0. The van der Waals surface area contributed by atoms with E-state index in [4.69, 9.17) is 4.42 Å². The van der Waals surface area contributed by atoms with Crippen molar-refractivity contribution < 1.29 is 19.1 Å². The highest BCUT2D eigenvalue weighted by Crippen LogP contribution is 2.20. The first-order valence-corrected chi connectivity index (χ1v) is 7.38. The van der Waals surface area contributed by atoms with Gasteiger partial charge in [0, 0.05) is 5.71 Å². The largest absolute Gasteiger partial charge is 0.507 e. The molecular weight excluding hydrogens is 310 g/mol. The molecule has 126 valence electrons. The van der Waals surface area contributed by atoms with Crippen LogP contribution in [-0.4, -0.2) is 22.6 Å². The molecule has 0 aliphatic carbocycles. The van der Waals surface area contributed by atoms with E-state index in [1.807, 2.05) is 0 Å². The Balaban J connectivity index is 1.85. The zero-order valence-corrected chi connectivity index (χ0v) is 13.5. The van der Waals surface area contributed by atoms with Gasteiger partial charge in [0.15, 0.2) is 0 Å². The van der Waals surface area contributed by atoms with E-state index in [1.54, 1.807) is 38.1 Å². The zero-order chi connectivity index (χ0) is 17.5. The van der Waals surface area contributed by atoms with Gasteiger partial charge >= 0.3 is 0 Å². The molecule has 1 heterocycles. The third kappa shape index (κ3) is 4.70. The molecule has 0 aliphatic heterocycles. The van der Waals surface area contributed by atoms with Gasteiger partial charge in [0.25, 0.3) is 5.91 Å². The maximum atomic E-state index is 12.0. The van der Waals surface area contributed by atoms with Crippen LogP contribution in [-0.2, 0) is 11.3 Å². The van der Waals surface area contributed by atoms with E-state index < -0.39 is 5.91 Å². The second kappa shape index (κ2) is 7.96. The predicted octanol–water partition coefficient (Wildman–Crippen LogP) is 2.11. The first-order chi connectivity index (χ1) is 11.5. The number of rotatable bonds is 6. The highest BCUT2D eigenvalue weighted by Gasteiger charge is 2.12. The molecule has 0 atom stereocenters. The summed E-state index contributed by atoms with van der Waals surface area (Å²) in [5.74, 6) is -0.202. The molecule has 0 saturated carbocycles. The monoisotopic (exact) mass is 329 g/mol. The fraction of sp³-hybridized carbons (Fsp3) is 0.235. The predicted molar refractivity (Wildman–Crippen MR) is 88.6 cm³/mol. The molecule has 0 aliphatic rings. The molecule has 0 radical (unpaired) electrons. The summed E-state index contributed by atoms with van der Waals surface area (Å²) >= 11 is 0. The number of aryl methyl sites for hydroxylation is 1. The number of nitrogens with zero attached hydrogens (tertiary/aromatic N) is 1. The lowest BCUT2D eigenvalue weighted by Gasteiger charge is -2.06. The summed E-state index contributed by atoms with van der Waals surface area (Å²) in [6.07, 6.45) is 1.57. The number of furan rings is 1. The van der Waals surface area contributed by atoms with E-state index >= 15 is 0 Å². The molecule has 1 aromatic heterocycles. The number of hydrazone groups is 1. The molecule has 7 heteroatoms. The van der Waals surface area contributed by atoms with E-state index in [-0.39, 0.29) is 23.6 Å². The fourth-order valence-electron chi connectivity index (χ4n) is 1.98. The molecule has 0 spiro atoms. The lowest BCUT2D eigenvalue weighted by Crippen LogP contribution is -2.26. The average Bonchev–Trinajstić information content (AvgIpc) is 3.07. The average molecular weight is 329 g/mol. The number of hydrogen-bond donors (Lipinski definition) is 3. The van der Waals surface area contributed by atoms with E-state index in [1.165, 1.54) is 12.3 Å². The molecule has 2 rings (SSSR count). The molecule has 0 bridgehead atoms. The van der Waals surface area contributed by atoms with Crippen LogP contribution < -0.4 is 10.7 Å². The van der Waals surface area contributed by atoms with Gasteiger partial charge in [-0.25, -0.2) is 5.43 Å². The first-order valence-electron chi connectivity index (χ1n) is 7.38. The van der Waals surface area contributed by atoms with Crippen LogP contribution in [0.1, 0.15) is 35.0 Å². The van der Waals surface area contributed by atoms with Crippen LogP contribution >= 0.6 is 0 Å². The number of phenols is 1. The lowest BCUT2D eigenvalue weighted by molar-refractivity contribution is -0.120. The number of para-hydroxylation sites is 1. The van der Waals surface area contributed by atoms with Crippen molar-refractivity contribution >= 4 is 17.5 Å². The SMILES string of the molecule is CC(CC(=O)NCc1ccco1)=NNC(=O)c1cccc(C)c1O. The van der Waals surface area contributed by atoms with Crippen molar-refractivity contribution in [1.82, 2.24) is 10.7 Å². The lowest BCUT2D eigenvalue weighted by atomic mass is 10.1. The van der Waals surface area contributed by atoms with Gasteiger partial charge in [-0.15, -0.1) is 0 Å². The number of benzene rings is 1. The molecule has 2 aromatic rings. The standard InChI is InChI=1S/C17H19N3O4/c1-11-5-3-7-14(16(11)22)17(23)20-19-12(2)9-15(21)18-10-13-6-4-8-24-13/h3-8,22H,9-10H2,1-2H3,(H,18,21)(H,20,23). The van der Waals surface area contributed by atoms with Crippen LogP contribution in [0.15, 0.2) is 46.1 Å². The molecule has 1 aromatic carbocycles. The topological polar surface area (TPSA) is 104 Å². The Kier molecular flexibility index (Phi) is 5.73. The summed E-state index contributed by atoms with van der Waals surface area (Å²) in [6.45, 7) is 3.62. The van der Waals surface area contributed by atoms with Gasteiger partial charge in [-0.05, 0) is 37.6 Å². The van der Waals surface area contributed by atoms with Crippen molar-refractivity contribution in [1.29, 1.82) is 0 Å². The summed E-state index contributed by atoms with van der Waals surface area (Å²) in [6, 6.07) is 8.37. The minimum Gasteiger partial charge on any atom is -0.507 e. The molecular formula is C17H19N3O4. The maximum Gasteiger partial charge on any atom is 0.275 e. The maximum absolute atomic E-state index is 12.0. The number of hydrogen-bond acceptors (Lipinski definition) is 5. The summed E-state index contributed by atoms with van der Waals surface area (Å²) in [4.78, 5) is 23.8. The van der Waals surface area contributed by atoms with E-state index in [0.29, 0.717) is 23.6 Å². The van der Waals surface area contributed by atoms with Crippen LogP contribution in [0.25, 0.3) is 0 Å². The number of amides is 2. The smallest absolute Gasteiger partial charge is 0.275 e. The summed E-state index contributed by atoms with van der Waals surface area (Å²) in [5.41, 5.74) is 3.50. The minimum atomic E-state index is -0.536. The van der Waals surface area contributed by atoms with Crippen molar-refractivity contribution in [3.05, 3.63) is 53.5 Å². The van der Waals surface area contributed by atoms with Crippen LogP contribution in [0, 0.1) is 6.92 Å². The number of nitrogens with one attached hydrogen (secondary N) is 2. The molecule has 7 nitrogen and oxygen atoms in total. The van der Waals surface area contributed by atoms with Crippen molar-refractivity contribution in [2.75, 3.05) is 0 Å². The van der Waals surface area contributed by atoms with E-state index in [9.17, 15) is 14.7 Å². The van der Waals surface area contributed by atoms with Gasteiger partial charge in [-0.2, -0.15) is 5.10 Å². The van der Waals surface area contributed by atoms with E-state index in [0.717, 1.165) is 0 Å². The minimum absolute atomic E-state index is 0.0424. The quantitative estimate of drug-likeness (QED) is 0.557. The molecule has 0 unspecified atom stereocenters. The van der Waals surface area contributed by atoms with Gasteiger partial charge in [0.2, 0.25) is 5.91 Å². The van der Waals surface area contributed by atoms with Gasteiger partial charge in [-0.1, -0.05) is 12.1 Å². The van der Waals surface area contributed by atoms with Gasteiger partial charge in [0.1, 0.15) is 11.5 Å². The van der Waals surface area contributed by atoms with Crippen molar-refractivity contribution in [2.24, 2.45) is 5.10 Å². The number of aromatic hydroxyl groups is 1. The van der Waals surface area contributed by atoms with Gasteiger partial charge in [0.05, 0.1) is 24.8 Å². The number of phenolic OH excluding ortho intramolecular Hbond substituents is 1. The van der Waals surface area contributed by atoms with Crippen LogP contribution in [0.2, 0.25) is 0 Å². The molecule has 2 amide bonds. The van der Waals surface area contributed by atoms with Crippen molar-refractivity contribution in [2.45, 2.75) is 26.8 Å². The summed E-state index contributed by atoms with van der Waals surface area (Å²) in [5, 5.41) is 16.4. The Morgan fingerprint density at radius 3 is 2.75 bits per heavy atom. The second-order valence-electron chi connectivity index (χ2n) is 5.29. The number of carbonyl (C=O) groups excluding carboxylic acids is 2. The molecule has 0 saturated heterocycles. The van der Waals surface area contributed by atoms with Crippen LogP contribution in [0.3, 0.4) is 0 Å². The Labute approximate surface area is 139 Å². The van der Waals surface area contributed by atoms with Gasteiger partial charge < -0.3 is 14.8 Å². The Bertz CT molecular complexity index is 751. The fourth-order valence-corrected chi connectivity index (χ4v) is 1.98. The Hall–Kier alpha value is -3.09. The third-order valence-corrected chi connectivity index (χ3v) is 3.29. The first kappa shape index (κ1) is 17.3. The normalized spacial score (nSPS) is 11.2. The molecule has 0 fully saturated rings. The Morgan fingerprint density at radius 2 is 2.04 bits per heavy atom. The van der Waals surface area contributed by atoms with Gasteiger partial charge in [-0.3, -0.25) is 9.59 Å². The highest BCUT2D eigenvalue weighted by molar-refractivity contribution is 6.01. The third-order valence-electron chi connectivity index (χ3n) is 3.29. The van der Waals surface area contributed by atoms with E-state index in [2.05, 4.69) is 15.8 Å². The molecule has 24 heavy (non-hydrogen) atoms. The van der Waals surface area contributed by atoms with Crippen molar-refractivity contribution in [3.8, 4) is 5.75 Å². The van der Waals surface area contributed by atoms with Crippen LogP contribution in [0.4, 0.5) is 0 Å². The number of carbonyl (C=O) groups is 2. The van der Waals surface area contributed by atoms with Crippen molar-refractivity contribution in [3.63, 3.8) is 0 Å². The Morgan fingerprint density at radius 1 is 1.25 bits per heavy atom. The van der Waals surface area contributed by atoms with Crippen LogP contribution in [0.5, 0.6) is 5.75 Å². The summed E-state index contributed by atoms with van der Waals surface area (Å²) < 4.78 is 5.11. The second-order valence-corrected chi connectivity index (χ2v) is 5.29. The molecule has 3 N–H and O–H groups in total. The highest BCUT2D eigenvalue weighted by atomic mass is 16.3.